The molecule has 0 heterocycles. The van der Waals surface area contributed by atoms with E-state index in [1.807, 2.05) is 0 Å². The van der Waals surface area contributed by atoms with Crippen LogP contribution in [-0.2, 0) is 4.79 Å². The number of hydrogen-bond donors (Lipinski definition) is 2. The van der Waals surface area contributed by atoms with E-state index in [4.69, 9.17) is 33.2 Å². The van der Waals surface area contributed by atoms with E-state index in [2.05, 4.69) is 15.8 Å². The number of carbonyl (C=O) groups excluding carboxylic acids is 3. The number of methoxy groups -OCH3 is 6. The highest BCUT2D eigenvalue weighted by Crippen LogP contribution is 2.39. The third kappa shape index (κ3) is 8.28. The molecule has 0 bridgehead atoms. The number of amides is 2. The van der Waals surface area contributed by atoms with Gasteiger partial charge in [0.05, 0.1) is 54.4 Å². The van der Waals surface area contributed by atoms with Crippen LogP contribution < -0.4 is 43.9 Å². The van der Waals surface area contributed by atoms with Crippen molar-refractivity contribution in [3.8, 4) is 40.2 Å². The van der Waals surface area contributed by atoms with Crippen molar-refractivity contribution in [1.82, 2.24) is 10.7 Å². The summed E-state index contributed by atoms with van der Waals surface area (Å²) in [5.74, 6) is 0.897. The fourth-order valence-corrected chi connectivity index (χ4v) is 3.83. The van der Waals surface area contributed by atoms with Crippen molar-refractivity contribution in [2.75, 3.05) is 49.2 Å². The van der Waals surface area contributed by atoms with Crippen LogP contribution in [-0.4, -0.2) is 73.2 Å². The van der Waals surface area contributed by atoms with Gasteiger partial charge in [-0.1, -0.05) is 0 Å². The molecule has 0 aliphatic rings. The second-order valence-corrected chi connectivity index (χ2v) is 8.59. The van der Waals surface area contributed by atoms with Crippen LogP contribution in [0.5, 0.6) is 40.2 Å². The lowest BCUT2D eigenvalue weighted by molar-refractivity contribution is -0.120. The fraction of sp³-hybridized carbons (Fsp3) is 0.267. The summed E-state index contributed by atoms with van der Waals surface area (Å²) in [6.45, 7) is 0.0723. The first kappa shape index (κ1) is 32.1. The maximum absolute atomic E-state index is 12.7. The van der Waals surface area contributed by atoms with Gasteiger partial charge in [0.1, 0.15) is 5.75 Å². The van der Waals surface area contributed by atoms with Crippen LogP contribution >= 0.6 is 0 Å². The van der Waals surface area contributed by atoms with E-state index in [0.717, 1.165) is 0 Å². The van der Waals surface area contributed by atoms with E-state index < -0.39 is 17.8 Å². The normalized spacial score (nSPS) is 10.5. The summed E-state index contributed by atoms with van der Waals surface area (Å²) < 4.78 is 37.0. The van der Waals surface area contributed by atoms with Gasteiger partial charge >= 0.3 is 5.97 Å². The van der Waals surface area contributed by atoms with E-state index in [1.54, 1.807) is 24.3 Å². The molecule has 13 heteroatoms. The van der Waals surface area contributed by atoms with E-state index in [0.29, 0.717) is 45.8 Å². The summed E-state index contributed by atoms with van der Waals surface area (Å²) in [6, 6.07) is 12.5. The van der Waals surface area contributed by atoms with E-state index in [-0.39, 0.29) is 24.1 Å². The van der Waals surface area contributed by atoms with Crippen LogP contribution in [0.2, 0.25) is 0 Å². The zero-order chi connectivity index (χ0) is 31.4. The van der Waals surface area contributed by atoms with Gasteiger partial charge in [-0.25, -0.2) is 10.2 Å². The van der Waals surface area contributed by atoms with Gasteiger partial charge in [0.15, 0.2) is 23.0 Å². The van der Waals surface area contributed by atoms with Crippen molar-refractivity contribution in [2.45, 2.75) is 6.42 Å². The Morgan fingerprint density at radius 3 is 1.65 bits per heavy atom. The third-order valence-corrected chi connectivity index (χ3v) is 5.96. The Bertz CT molecular complexity index is 1420. The zero-order valence-corrected chi connectivity index (χ0v) is 24.6. The molecule has 0 aromatic heterocycles. The molecule has 0 aliphatic carbocycles. The second kappa shape index (κ2) is 15.5. The minimum Gasteiger partial charge on any atom is -0.493 e. The van der Waals surface area contributed by atoms with Crippen LogP contribution in [0.25, 0.3) is 0 Å². The Hall–Kier alpha value is -5.46. The topological polar surface area (TPSA) is 152 Å². The number of hydrogen-bond acceptors (Lipinski definition) is 11. The quantitative estimate of drug-likeness (QED) is 0.123. The average Bonchev–Trinajstić information content (AvgIpc) is 3.03. The molecule has 2 N–H and O–H groups in total. The number of carbonyl (C=O) groups is 3. The lowest BCUT2D eigenvalue weighted by atomic mass is 10.1. The molecule has 0 spiro atoms. The molecule has 2 amide bonds. The van der Waals surface area contributed by atoms with Gasteiger partial charge in [-0.15, -0.1) is 0 Å². The van der Waals surface area contributed by atoms with Gasteiger partial charge in [-0.2, -0.15) is 5.10 Å². The first-order valence-corrected chi connectivity index (χ1v) is 12.8. The Labute approximate surface area is 248 Å². The van der Waals surface area contributed by atoms with Crippen molar-refractivity contribution < 1.29 is 47.5 Å². The molecule has 3 aromatic rings. The second-order valence-electron chi connectivity index (χ2n) is 8.59. The molecule has 228 valence electrons. The lowest BCUT2D eigenvalue weighted by Gasteiger charge is -2.14. The SMILES string of the molecule is COc1cc(C(=O)NCCC(=O)NN=Cc2ccc(OC(=O)c3cc(OC)c(OC)c(OC)c3)cc2)cc(OC)c1OC. The predicted molar refractivity (Wildman–Crippen MR) is 156 cm³/mol. The van der Waals surface area contributed by atoms with Crippen molar-refractivity contribution in [1.29, 1.82) is 0 Å². The number of nitrogens with one attached hydrogen (secondary N) is 2. The van der Waals surface area contributed by atoms with Gasteiger partial charge in [-0.3, -0.25) is 9.59 Å². The molecule has 0 fully saturated rings. The van der Waals surface area contributed by atoms with E-state index in [9.17, 15) is 14.4 Å². The molecular formula is C30H33N3O10. The van der Waals surface area contributed by atoms with Crippen LogP contribution in [0.15, 0.2) is 53.6 Å². The molecule has 3 rings (SSSR count). The summed E-state index contributed by atoms with van der Waals surface area (Å²) in [5.41, 5.74) is 3.53. The van der Waals surface area contributed by atoms with Crippen molar-refractivity contribution >= 4 is 24.0 Å². The monoisotopic (exact) mass is 595 g/mol. The Morgan fingerprint density at radius 2 is 1.19 bits per heavy atom. The first-order valence-electron chi connectivity index (χ1n) is 12.8. The number of rotatable bonds is 14. The highest BCUT2D eigenvalue weighted by molar-refractivity contribution is 5.96. The van der Waals surface area contributed by atoms with E-state index >= 15 is 0 Å². The maximum Gasteiger partial charge on any atom is 0.343 e. The minimum absolute atomic E-state index is 0.0106. The summed E-state index contributed by atoms with van der Waals surface area (Å²) in [5, 5.41) is 6.59. The van der Waals surface area contributed by atoms with Crippen LogP contribution in [0, 0.1) is 0 Å². The largest absolute Gasteiger partial charge is 0.493 e. The molecule has 0 saturated heterocycles. The zero-order valence-electron chi connectivity index (χ0n) is 24.6. The molecule has 0 atom stereocenters. The summed E-state index contributed by atoms with van der Waals surface area (Å²) in [7, 11) is 8.74. The van der Waals surface area contributed by atoms with Crippen molar-refractivity contribution in [3.63, 3.8) is 0 Å². The third-order valence-electron chi connectivity index (χ3n) is 5.96. The molecular weight excluding hydrogens is 562 g/mol. The summed E-state index contributed by atoms with van der Waals surface area (Å²) in [6.07, 6.45) is 1.42. The molecule has 0 unspecified atom stereocenters. The highest BCUT2D eigenvalue weighted by Gasteiger charge is 2.19. The van der Waals surface area contributed by atoms with Crippen LogP contribution in [0.3, 0.4) is 0 Å². The van der Waals surface area contributed by atoms with Gasteiger partial charge in [0, 0.05) is 18.5 Å². The highest BCUT2D eigenvalue weighted by atomic mass is 16.5. The number of ether oxygens (including phenoxy) is 7. The van der Waals surface area contributed by atoms with Gasteiger partial charge in [0.2, 0.25) is 17.4 Å². The number of esters is 1. The number of benzene rings is 3. The average molecular weight is 596 g/mol. The molecule has 0 saturated carbocycles. The molecule has 3 aromatic carbocycles. The van der Waals surface area contributed by atoms with Crippen molar-refractivity contribution in [2.24, 2.45) is 5.10 Å². The van der Waals surface area contributed by atoms with E-state index in [1.165, 1.54) is 73.1 Å². The van der Waals surface area contributed by atoms with Gasteiger partial charge in [-0.05, 0) is 54.1 Å². The summed E-state index contributed by atoms with van der Waals surface area (Å²) >= 11 is 0. The summed E-state index contributed by atoms with van der Waals surface area (Å²) in [4.78, 5) is 37.4. The number of nitrogens with zero attached hydrogens (tertiary/aromatic N) is 1. The smallest absolute Gasteiger partial charge is 0.343 e. The van der Waals surface area contributed by atoms with Gasteiger partial charge < -0.3 is 38.5 Å². The molecule has 0 aliphatic heterocycles. The molecule has 43 heavy (non-hydrogen) atoms. The number of hydrazone groups is 1. The Balaban J connectivity index is 1.49. The van der Waals surface area contributed by atoms with Crippen molar-refractivity contribution in [3.05, 3.63) is 65.2 Å². The standard InChI is InChI=1S/C30H33N3O10/c1-37-22-13-19(14-23(38-2)27(22)41-5)29(35)31-12-11-26(34)33-32-17-18-7-9-21(10-8-18)43-30(36)20-15-24(39-3)28(42-6)25(16-20)40-4/h7-10,13-17H,11-12H2,1-6H3,(H,31,35)(H,33,34). The molecule has 0 radical (unpaired) electrons. The predicted octanol–water partition coefficient (Wildman–Crippen LogP) is 3.23. The molecule has 13 nitrogen and oxygen atoms in total. The lowest BCUT2D eigenvalue weighted by Crippen LogP contribution is -2.29. The minimum atomic E-state index is -0.620. The van der Waals surface area contributed by atoms with Crippen LogP contribution in [0.4, 0.5) is 0 Å². The van der Waals surface area contributed by atoms with Gasteiger partial charge in [0.25, 0.3) is 5.91 Å². The maximum atomic E-state index is 12.7. The Morgan fingerprint density at radius 1 is 0.698 bits per heavy atom. The Kier molecular flexibility index (Phi) is 11.6. The van der Waals surface area contributed by atoms with Crippen LogP contribution in [0.1, 0.15) is 32.7 Å². The fourth-order valence-electron chi connectivity index (χ4n) is 3.83. The first-order chi connectivity index (χ1) is 20.8.